The Morgan fingerprint density at radius 1 is 1.10 bits per heavy atom. The molecule has 2 aliphatic heterocycles. The number of nitrogens with two attached hydrogens (primary N) is 1. The first-order chi connectivity index (χ1) is 13.4. The van der Waals surface area contributed by atoms with Crippen molar-refractivity contribution in [3.05, 3.63) is 47.5 Å². The maximum absolute atomic E-state index is 12.9. The Balaban J connectivity index is 0.00000240. The number of carbonyl (C=O) groups is 3. The molecule has 1 fully saturated rings. The van der Waals surface area contributed by atoms with Crippen LogP contribution in [0, 0.1) is 5.41 Å². The summed E-state index contributed by atoms with van der Waals surface area (Å²) in [7, 11) is 0. The molecule has 2 heterocycles. The number of nitrogens with zero attached hydrogens (tertiary/aromatic N) is 2. The molecule has 2 aromatic rings. The largest absolute Gasteiger partial charge is 0.342 e. The van der Waals surface area contributed by atoms with E-state index >= 15 is 0 Å². The first-order valence-electron chi connectivity index (χ1n) is 9.79. The van der Waals surface area contributed by atoms with Crippen molar-refractivity contribution in [3.8, 4) is 0 Å². The van der Waals surface area contributed by atoms with Gasteiger partial charge in [-0.2, -0.15) is 0 Å². The van der Waals surface area contributed by atoms with E-state index in [0.29, 0.717) is 37.1 Å². The molecule has 1 unspecified atom stereocenters. The van der Waals surface area contributed by atoms with E-state index in [-0.39, 0.29) is 42.1 Å². The molecule has 3 amide bonds. The van der Waals surface area contributed by atoms with Gasteiger partial charge in [-0.15, -0.1) is 12.4 Å². The predicted molar refractivity (Wildman–Crippen MR) is 114 cm³/mol. The first kappa shape index (κ1) is 21.3. The van der Waals surface area contributed by atoms with Crippen LogP contribution in [-0.4, -0.2) is 53.7 Å². The van der Waals surface area contributed by atoms with Crippen LogP contribution < -0.4 is 5.73 Å². The zero-order valence-electron chi connectivity index (χ0n) is 16.5. The van der Waals surface area contributed by atoms with Crippen LogP contribution >= 0.6 is 12.4 Å². The van der Waals surface area contributed by atoms with Crippen molar-refractivity contribution in [2.45, 2.75) is 26.2 Å². The van der Waals surface area contributed by atoms with Crippen molar-refractivity contribution in [3.63, 3.8) is 0 Å². The van der Waals surface area contributed by atoms with E-state index in [4.69, 9.17) is 5.73 Å². The predicted octanol–water partition coefficient (Wildman–Crippen LogP) is 2.84. The molecule has 154 valence electrons. The van der Waals surface area contributed by atoms with Gasteiger partial charge in [0, 0.05) is 42.6 Å². The van der Waals surface area contributed by atoms with E-state index in [1.165, 1.54) is 4.90 Å². The summed E-state index contributed by atoms with van der Waals surface area (Å²) < 4.78 is 0. The quantitative estimate of drug-likeness (QED) is 0.761. The highest BCUT2D eigenvalue weighted by Crippen LogP contribution is 2.31. The summed E-state index contributed by atoms with van der Waals surface area (Å²) in [5.41, 5.74) is 6.91. The Labute approximate surface area is 176 Å². The van der Waals surface area contributed by atoms with Crippen molar-refractivity contribution < 1.29 is 14.4 Å². The molecule has 0 aliphatic carbocycles. The van der Waals surface area contributed by atoms with Crippen molar-refractivity contribution in [1.29, 1.82) is 0 Å². The number of hydrogen-bond acceptors (Lipinski definition) is 4. The Morgan fingerprint density at radius 3 is 2.28 bits per heavy atom. The molecule has 1 saturated heterocycles. The second kappa shape index (κ2) is 8.13. The maximum Gasteiger partial charge on any atom is 0.261 e. The second-order valence-corrected chi connectivity index (χ2v) is 8.15. The molecule has 7 heteroatoms. The molecule has 0 spiro atoms. The van der Waals surface area contributed by atoms with Gasteiger partial charge < -0.3 is 10.6 Å². The lowest BCUT2D eigenvalue weighted by Gasteiger charge is -2.27. The highest BCUT2D eigenvalue weighted by Gasteiger charge is 2.35. The summed E-state index contributed by atoms with van der Waals surface area (Å²) in [5.74, 6) is -0.492. The smallest absolute Gasteiger partial charge is 0.261 e. The monoisotopic (exact) mass is 415 g/mol. The van der Waals surface area contributed by atoms with Gasteiger partial charge in [0.1, 0.15) is 0 Å². The zero-order chi connectivity index (χ0) is 19.9. The molecule has 0 aromatic heterocycles. The van der Waals surface area contributed by atoms with Gasteiger partial charge in [-0.3, -0.25) is 19.3 Å². The summed E-state index contributed by atoms with van der Waals surface area (Å²) >= 11 is 0. The van der Waals surface area contributed by atoms with Crippen LogP contribution in [0.1, 0.15) is 46.9 Å². The molecule has 0 bridgehead atoms. The Hall–Kier alpha value is -2.44. The van der Waals surface area contributed by atoms with E-state index in [2.05, 4.69) is 6.92 Å². The SMILES string of the molecule is CC1(CN)CCN(C(=O)CCCN2C(=O)c3cccc4cccc(c34)C2=O)C1.Cl. The van der Waals surface area contributed by atoms with Crippen LogP contribution in [0.5, 0.6) is 0 Å². The van der Waals surface area contributed by atoms with Crippen LogP contribution in [0.25, 0.3) is 10.8 Å². The summed E-state index contributed by atoms with van der Waals surface area (Å²) in [5, 5.41) is 1.62. The number of amides is 3. The fraction of sp³-hybridized carbons (Fsp3) is 0.409. The molecule has 1 atom stereocenters. The van der Waals surface area contributed by atoms with Crippen molar-refractivity contribution in [2.24, 2.45) is 11.1 Å². The standard InChI is InChI=1S/C22H25N3O3.ClH/c1-22(13-23)10-12-24(14-22)18(26)9-4-11-25-20(27)16-7-2-5-15-6-3-8-17(19(15)16)21(25)28;/h2-3,5-8H,4,9-14,23H2,1H3;1H. The number of rotatable bonds is 5. The third-order valence-electron chi connectivity index (χ3n) is 6.03. The number of imide groups is 1. The van der Waals surface area contributed by atoms with E-state index in [1.807, 2.05) is 29.2 Å². The topological polar surface area (TPSA) is 83.7 Å². The van der Waals surface area contributed by atoms with Crippen LogP contribution in [0.2, 0.25) is 0 Å². The van der Waals surface area contributed by atoms with E-state index in [9.17, 15) is 14.4 Å². The van der Waals surface area contributed by atoms with E-state index < -0.39 is 0 Å². The number of likely N-dealkylation sites (tertiary alicyclic amines) is 1. The molecular weight excluding hydrogens is 390 g/mol. The van der Waals surface area contributed by atoms with Gasteiger partial charge in [0.15, 0.2) is 0 Å². The van der Waals surface area contributed by atoms with Gasteiger partial charge in [-0.25, -0.2) is 0 Å². The molecule has 0 radical (unpaired) electrons. The Bertz CT molecular complexity index is 926. The van der Waals surface area contributed by atoms with Crippen LogP contribution in [0.3, 0.4) is 0 Å². The van der Waals surface area contributed by atoms with Crippen molar-refractivity contribution in [2.75, 3.05) is 26.2 Å². The average molecular weight is 416 g/mol. The highest BCUT2D eigenvalue weighted by atomic mass is 35.5. The molecule has 2 N–H and O–H groups in total. The summed E-state index contributed by atoms with van der Waals surface area (Å²) in [6.45, 7) is 4.32. The normalized spacial score (nSPS) is 20.9. The average Bonchev–Trinajstić information content (AvgIpc) is 3.11. The lowest BCUT2D eigenvalue weighted by molar-refractivity contribution is -0.130. The third-order valence-corrected chi connectivity index (χ3v) is 6.03. The van der Waals surface area contributed by atoms with Crippen molar-refractivity contribution >= 4 is 40.9 Å². The van der Waals surface area contributed by atoms with Gasteiger partial charge in [0.05, 0.1) is 0 Å². The van der Waals surface area contributed by atoms with Crippen LogP contribution in [-0.2, 0) is 4.79 Å². The molecule has 0 saturated carbocycles. The number of halogens is 1. The zero-order valence-corrected chi connectivity index (χ0v) is 17.3. The minimum Gasteiger partial charge on any atom is -0.342 e. The van der Waals surface area contributed by atoms with Gasteiger partial charge in [-0.1, -0.05) is 31.2 Å². The molecule has 6 nitrogen and oxygen atoms in total. The van der Waals surface area contributed by atoms with Crippen LogP contribution in [0.4, 0.5) is 0 Å². The molecule has 4 rings (SSSR count). The number of benzene rings is 2. The minimum atomic E-state index is -0.279. The van der Waals surface area contributed by atoms with Gasteiger partial charge in [-0.05, 0) is 42.3 Å². The lowest BCUT2D eigenvalue weighted by Crippen LogP contribution is -2.41. The van der Waals surface area contributed by atoms with Gasteiger partial charge in [0.25, 0.3) is 11.8 Å². The van der Waals surface area contributed by atoms with Gasteiger partial charge in [0.2, 0.25) is 5.91 Å². The molecular formula is C22H26ClN3O3. The first-order valence-corrected chi connectivity index (χ1v) is 9.79. The third kappa shape index (κ3) is 3.74. The Kier molecular flexibility index (Phi) is 5.96. The fourth-order valence-corrected chi connectivity index (χ4v) is 4.23. The number of carbonyl (C=O) groups excluding carboxylic acids is 3. The summed E-state index contributed by atoms with van der Waals surface area (Å²) in [4.78, 5) is 41.4. The van der Waals surface area contributed by atoms with Gasteiger partial charge >= 0.3 is 0 Å². The lowest BCUT2D eigenvalue weighted by atomic mass is 9.90. The van der Waals surface area contributed by atoms with E-state index in [0.717, 1.165) is 23.7 Å². The molecule has 2 aromatic carbocycles. The summed E-state index contributed by atoms with van der Waals surface area (Å²) in [6, 6.07) is 11.0. The molecule has 29 heavy (non-hydrogen) atoms. The highest BCUT2D eigenvalue weighted by molar-refractivity contribution is 6.25. The number of hydrogen-bond donors (Lipinski definition) is 1. The van der Waals surface area contributed by atoms with Crippen LogP contribution in [0.15, 0.2) is 36.4 Å². The Morgan fingerprint density at radius 2 is 1.72 bits per heavy atom. The molecule has 2 aliphatic rings. The fourth-order valence-electron chi connectivity index (χ4n) is 4.23. The minimum absolute atomic E-state index is 0. The summed E-state index contributed by atoms with van der Waals surface area (Å²) in [6.07, 6.45) is 1.70. The van der Waals surface area contributed by atoms with E-state index in [1.54, 1.807) is 12.1 Å². The maximum atomic E-state index is 12.9. The second-order valence-electron chi connectivity index (χ2n) is 8.15. The van der Waals surface area contributed by atoms with Crippen molar-refractivity contribution in [1.82, 2.24) is 9.80 Å².